The van der Waals surface area contributed by atoms with Gasteiger partial charge in [-0.15, -0.1) is 0 Å². The zero-order valence-corrected chi connectivity index (χ0v) is 24.8. The number of aryl methyl sites for hydroxylation is 2. The van der Waals surface area contributed by atoms with Crippen LogP contribution in [0.3, 0.4) is 0 Å². The standard InChI is InChI=1S/C32H35NO6S2/c1-23-7-5-6-8-26(23)22-39-27-12-13-29-25(21-27)11-14-30-32(29,41(37,38)28-9-3-2-4-10-28)17-18-33(30)31(34)24-15-19-40(35,36)20-16-24/h2-10,12-13,21,24,30H,11,14-20,22H2,1H3/t30-,32-/m1/s1. The number of carbonyl (C=O) groups excluding carboxylic acids is 1. The number of hydrogen-bond acceptors (Lipinski definition) is 6. The predicted molar refractivity (Wildman–Crippen MR) is 157 cm³/mol. The fraction of sp³-hybridized carbons (Fsp3) is 0.406. The van der Waals surface area contributed by atoms with Gasteiger partial charge in [0.25, 0.3) is 0 Å². The molecule has 1 amide bonds. The van der Waals surface area contributed by atoms with Crippen molar-refractivity contribution >= 4 is 25.6 Å². The molecule has 3 aromatic carbocycles. The molecule has 0 aromatic heterocycles. The number of hydrogen-bond donors (Lipinski definition) is 0. The second-order valence-corrected chi connectivity index (χ2v) is 16.0. The molecule has 41 heavy (non-hydrogen) atoms. The molecule has 0 N–H and O–H groups in total. The predicted octanol–water partition coefficient (Wildman–Crippen LogP) is 4.62. The Hall–Kier alpha value is -3.17. The Morgan fingerprint density at radius 2 is 1.68 bits per heavy atom. The van der Waals surface area contributed by atoms with Gasteiger partial charge in [0.2, 0.25) is 5.91 Å². The molecule has 2 atom stereocenters. The van der Waals surface area contributed by atoms with Gasteiger partial charge in [-0.2, -0.15) is 0 Å². The molecule has 7 nitrogen and oxygen atoms in total. The Labute approximate surface area is 242 Å². The van der Waals surface area contributed by atoms with E-state index in [1.807, 2.05) is 49.4 Å². The van der Waals surface area contributed by atoms with E-state index >= 15 is 0 Å². The smallest absolute Gasteiger partial charge is 0.226 e. The number of amides is 1. The van der Waals surface area contributed by atoms with Crippen LogP contribution in [0.25, 0.3) is 0 Å². The second-order valence-electron chi connectivity index (χ2n) is 11.5. The summed E-state index contributed by atoms with van der Waals surface area (Å²) in [4.78, 5) is 15.8. The first kappa shape index (κ1) is 28.0. The molecule has 3 aliphatic rings. The van der Waals surface area contributed by atoms with Gasteiger partial charge in [0.1, 0.15) is 26.9 Å². The highest BCUT2D eigenvalue weighted by atomic mass is 32.2. The van der Waals surface area contributed by atoms with Gasteiger partial charge in [-0.05, 0) is 85.5 Å². The molecule has 2 fully saturated rings. The van der Waals surface area contributed by atoms with Crippen molar-refractivity contribution in [3.8, 4) is 5.75 Å². The quantitative estimate of drug-likeness (QED) is 0.414. The summed E-state index contributed by atoms with van der Waals surface area (Å²) in [6, 6.07) is 21.7. The van der Waals surface area contributed by atoms with Crippen molar-refractivity contribution in [1.82, 2.24) is 4.90 Å². The SMILES string of the molecule is Cc1ccccc1COc1ccc2c(c1)CC[C@H]1N(C(=O)C3CCS(=O)(=O)CC3)CC[C@@]21S(=O)(=O)c1ccccc1. The highest BCUT2D eigenvalue weighted by Crippen LogP contribution is 2.53. The molecule has 0 saturated carbocycles. The van der Waals surface area contributed by atoms with Crippen molar-refractivity contribution in [2.24, 2.45) is 5.92 Å². The Kier molecular flexibility index (Phi) is 7.22. The zero-order chi connectivity index (χ0) is 28.8. The van der Waals surface area contributed by atoms with Crippen LogP contribution in [0.4, 0.5) is 0 Å². The van der Waals surface area contributed by atoms with E-state index in [0.717, 1.165) is 22.3 Å². The minimum absolute atomic E-state index is 0.00346. The monoisotopic (exact) mass is 593 g/mol. The molecular formula is C32H35NO6S2. The highest BCUT2D eigenvalue weighted by molar-refractivity contribution is 7.92. The molecule has 9 heteroatoms. The minimum atomic E-state index is -3.89. The normalized spacial score (nSPS) is 23.9. The van der Waals surface area contributed by atoms with Gasteiger partial charge in [-0.3, -0.25) is 4.79 Å². The van der Waals surface area contributed by atoms with Crippen LogP contribution in [0.2, 0.25) is 0 Å². The zero-order valence-electron chi connectivity index (χ0n) is 23.2. The molecular weight excluding hydrogens is 558 g/mol. The number of ether oxygens (including phenoxy) is 1. The topological polar surface area (TPSA) is 97.8 Å². The van der Waals surface area contributed by atoms with E-state index in [-0.39, 0.29) is 22.3 Å². The minimum Gasteiger partial charge on any atom is -0.489 e. The highest BCUT2D eigenvalue weighted by Gasteiger charge is 2.61. The van der Waals surface area contributed by atoms with Crippen LogP contribution in [0.1, 0.15) is 47.9 Å². The van der Waals surface area contributed by atoms with Crippen LogP contribution in [-0.4, -0.2) is 51.7 Å². The number of benzene rings is 3. The Bertz CT molecular complexity index is 1670. The van der Waals surface area contributed by atoms with E-state index in [4.69, 9.17) is 4.74 Å². The van der Waals surface area contributed by atoms with Gasteiger partial charge in [0, 0.05) is 12.5 Å². The average molecular weight is 594 g/mol. The van der Waals surface area contributed by atoms with Crippen LogP contribution < -0.4 is 4.74 Å². The van der Waals surface area contributed by atoms with E-state index in [9.17, 15) is 21.6 Å². The summed E-state index contributed by atoms with van der Waals surface area (Å²) in [5.74, 6) is 0.184. The maximum absolute atomic E-state index is 14.6. The molecule has 2 saturated heterocycles. The molecule has 6 rings (SSSR count). The fourth-order valence-corrected chi connectivity index (χ4v) is 10.9. The summed E-state index contributed by atoms with van der Waals surface area (Å²) in [6.45, 7) is 2.79. The Morgan fingerprint density at radius 1 is 0.976 bits per heavy atom. The summed E-state index contributed by atoms with van der Waals surface area (Å²) >= 11 is 0. The molecule has 0 radical (unpaired) electrons. The summed E-state index contributed by atoms with van der Waals surface area (Å²) in [5, 5.41) is 0. The molecule has 216 valence electrons. The fourth-order valence-electron chi connectivity index (χ4n) is 6.97. The first-order valence-electron chi connectivity index (χ1n) is 14.2. The summed E-state index contributed by atoms with van der Waals surface area (Å²) in [5.41, 5.74) is 3.91. The third kappa shape index (κ3) is 4.87. The number of nitrogens with zero attached hydrogens (tertiary/aromatic N) is 1. The van der Waals surface area contributed by atoms with Crippen molar-refractivity contribution in [1.29, 1.82) is 0 Å². The van der Waals surface area contributed by atoms with E-state index in [2.05, 4.69) is 0 Å². The van der Waals surface area contributed by atoms with Crippen LogP contribution in [-0.2, 0) is 42.2 Å². The molecule has 1 aliphatic carbocycles. The van der Waals surface area contributed by atoms with Gasteiger partial charge < -0.3 is 9.64 Å². The first-order chi connectivity index (χ1) is 19.6. The van der Waals surface area contributed by atoms with Crippen molar-refractivity contribution < 1.29 is 26.4 Å². The third-order valence-electron chi connectivity index (χ3n) is 9.23. The maximum atomic E-state index is 14.6. The number of fused-ring (bicyclic) bond motifs is 3. The molecule has 2 aliphatic heterocycles. The average Bonchev–Trinajstić information content (AvgIpc) is 3.38. The summed E-state index contributed by atoms with van der Waals surface area (Å²) < 4.78 is 58.0. The van der Waals surface area contributed by atoms with E-state index in [1.54, 1.807) is 35.2 Å². The lowest BCUT2D eigenvalue weighted by Gasteiger charge is -2.43. The van der Waals surface area contributed by atoms with Gasteiger partial charge in [0.05, 0.1) is 22.4 Å². The van der Waals surface area contributed by atoms with Crippen LogP contribution in [0.15, 0.2) is 77.7 Å². The van der Waals surface area contributed by atoms with Crippen molar-refractivity contribution in [3.63, 3.8) is 0 Å². The van der Waals surface area contributed by atoms with Gasteiger partial charge in [-0.25, -0.2) is 16.8 Å². The number of carbonyl (C=O) groups is 1. The third-order valence-corrected chi connectivity index (χ3v) is 13.5. The van der Waals surface area contributed by atoms with Crippen molar-refractivity contribution in [2.75, 3.05) is 18.1 Å². The maximum Gasteiger partial charge on any atom is 0.226 e. The number of sulfone groups is 2. The number of rotatable bonds is 6. The van der Waals surface area contributed by atoms with E-state index in [1.165, 1.54) is 0 Å². The van der Waals surface area contributed by atoms with Gasteiger partial charge in [-0.1, -0.05) is 48.5 Å². The number of likely N-dealkylation sites (tertiary alicyclic amines) is 1. The molecule has 0 bridgehead atoms. The van der Waals surface area contributed by atoms with Crippen molar-refractivity contribution in [2.45, 2.75) is 61.3 Å². The lowest BCUT2D eigenvalue weighted by atomic mass is 9.78. The molecule has 0 spiro atoms. The summed E-state index contributed by atoms with van der Waals surface area (Å²) in [7, 11) is -7.01. The van der Waals surface area contributed by atoms with Crippen LogP contribution >= 0.6 is 0 Å². The van der Waals surface area contributed by atoms with Gasteiger partial charge >= 0.3 is 0 Å². The molecule has 0 unspecified atom stereocenters. The van der Waals surface area contributed by atoms with Crippen molar-refractivity contribution in [3.05, 3.63) is 95.1 Å². The van der Waals surface area contributed by atoms with Gasteiger partial charge in [0.15, 0.2) is 9.84 Å². The second kappa shape index (κ2) is 10.6. The van der Waals surface area contributed by atoms with Crippen LogP contribution in [0.5, 0.6) is 5.75 Å². The Morgan fingerprint density at radius 3 is 2.41 bits per heavy atom. The lowest BCUT2D eigenvalue weighted by Crippen LogP contribution is -2.53. The lowest BCUT2D eigenvalue weighted by molar-refractivity contribution is -0.137. The largest absolute Gasteiger partial charge is 0.489 e. The Balaban J connectivity index is 1.36. The molecule has 3 aromatic rings. The van der Waals surface area contributed by atoms with E-state index in [0.29, 0.717) is 51.0 Å². The first-order valence-corrected chi connectivity index (χ1v) is 17.5. The molecule has 2 heterocycles. The summed E-state index contributed by atoms with van der Waals surface area (Å²) in [6.07, 6.45) is 2.01. The van der Waals surface area contributed by atoms with Crippen LogP contribution in [0, 0.1) is 12.8 Å². The van der Waals surface area contributed by atoms with E-state index < -0.39 is 36.4 Å².